The molecule has 0 bridgehead atoms. The first-order chi connectivity index (χ1) is 9.20. The average Bonchev–Trinajstić information content (AvgIpc) is 2.93. The van der Waals surface area contributed by atoms with Crippen LogP contribution in [0, 0.1) is 0 Å². The van der Waals surface area contributed by atoms with E-state index in [-0.39, 0.29) is 5.97 Å². The quantitative estimate of drug-likeness (QED) is 0.609. The van der Waals surface area contributed by atoms with Gasteiger partial charge >= 0.3 is 5.97 Å². The van der Waals surface area contributed by atoms with Gasteiger partial charge in [0.05, 0.1) is 30.6 Å². The molecule has 7 heteroatoms. The number of hydrogen-bond acceptors (Lipinski definition) is 6. The predicted octanol–water partition coefficient (Wildman–Crippen LogP) is 0.759. The Labute approximate surface area is 110 Å². The molecule has 0 aliphatic rings. The minimum atomic E-state index is -0.390. The van der Waals surface area contributed by atoms with Crippen LogP contribution < -0.4 is 11.1 Å². The fourth-order valence-electron chi connectivity index (χ4n) is 1.61. The number of nitrogens with zero attached hydrogens (tertiary/aromatic N) is 3. The van der Waals surface area contributed by atoms with E-state index in [4.69, 9.17) is 5.73 Å². The van der Waals surface area contributed by atoms with Crippen molar-refractivity contribution in [2.24, 2.45) is 0 Å². The number of nitrogen functional groups attached to an aromatic ring is 1. The topological polar surface area (TPSA) is 95.1 Å². The molecule has 19 heavy (non-hydrogen) atoms. The monoisotopic (exact) mass is 261 g/mol. The summed E-state index contributed by atoms with van der Waals surface area (Å²) in [5, 5.41) is 7.14. The number of hydrogen-bond donors (Lipinski definition) is 2. The van der Waals surface area contributed by atoms with Crippen molar-refractivity contribution in [3.8, 4) is 0 Å². The van der Waals surface area contributed by atoms with Gasteiger partial charge in [-0.2, -0.15) is 5.10 Å². The van der Waals surface area contributed by atoms with Gasteiger partial charge in [-0.15, -0.1) is 0 Å². The SMILES string of the molecule is COC(=O)c1ccc(N)c(NCCn2cncn2)c1. The summed E-state index contributed by atoms with van der Waals surface area (Å²) in [4.78, 5) is 15.3. The van der Waals surface area contributed by atoms with Gasteiger partial charge in [0.25, 0.3) is 0 Å². The zero-order valence-electron chi connectivity index (χ0n) is 10.5. The van der Waals surface area contributed by atoms with Gasteiger partial charge in [0.2, 0.25) is 0 Å². The van der Waals surface area contributed by atoms with Crippen LogP contribution in [0.3, 0.4) is 0 Å². The first-order valence-electron chi connectivity index (χ1n) is 5.75. The molecule has 0 aliphatic carbocycles. The molecule has 0 radical (unpaired) electrons. The van der Waals surface area contributed by atoms with Crippen molar-refractivity contribution < 1.29 is 9.53 Å². The summed E-state index contributed by atoms with van der Waals surface area (Å²) >= 11 is 0. The molecule has 0 aliphatic heterocycles. The lowest BCUT2D eigenvalue weighted by Gasteiger charge is -2.10. The average molecular weight is 261 g/mol. The molecule has 7 nitrogen and oxygen atoms in total. The third-order valence-corrected chi connectivity index (χ3v) is 2.60. The van der Waals surface area contributed by atoms with Gasteiger partial charge in [0, 0.05) is 6.54 Å². The predicted molar refractivity (Wildman–Crippen MR) is 70.7 cm³/mol. The largest absolute Gasteiger partial charge is 0.465 e. The molecule has 0 saturated heterocycles. The van der Waals surface area contributed by atoms with Crippen molar-refractivity contribution in [3.05, 3.63) is 36.4 Å². The highest BCUT2D eigenvalue weighted by Gasteiger charge is 2.08. The molecule has 1 aromatic heterocycles. The van der Waals surface area contributed by atoms with Crippen LogP contribution in [0.15, 0.2) is 30.9 Å². The summed E-state index contributed by atoms with van der Waals surface area (Å²) in [7, 11) is 1.34. The summed E-state index contributed by atoms with van der Waals surface area (Å²) in [6.07, 6.45) is 3.11. The normalized spacial score (nSPS) is 10.2. The minimum absolute atomic E-state index is 0.390. The molecule has 0 fully saturated rings. The molecule has 2 aromatic rings. The molecule has 100 valence electrons. The summed E-state index contributed by atoms with van der Waals surface area (Å²) in [6, 6.07) is 4.97. The van der Waals surface area contributed by atoms with E-state index in [2.05, 4.69) is 20.1 Å². The number of carbonyl (C=O) groups excluding carboxylic acids is 1. The number of aromatic nitrogens is 3. The van der Waals surface area contributed by atoms with E-state index in [1.165, 1.54) is 13.4 Å². The van der Waals surface area contributed by atoms with Crippen LogP contribution in [0.25, 0.3) is 0 Å². The molecular weight excluding hydrogens is 246 g/mol. The van der Waals surface area contributed by atoms with E-state index in [0.29, 0.717) is 30.0 Å². The summed E-state index contributed by atoms with van der Waals surface area (Å²) in [5.74, 6) is -0.390. The lowest BCUT2D eigenvalue weighted by atomic mass is 10.1. The Hall–Kier alpha value is -2.57. The number of nitrogens with two attached hydrogens (primary N) is 1. The molecule has 2 rings (SSSR count). The highest BCUT2D eigenvalue weighted by molar-refractivity contribution is 5.91. The molecule has 1 heterocycles. The molecule has 0 spiro atoms. The molecule has 0 amide bonds. The molecular formula is C12H15N5O2. The Balaban J connectivity index is 2.00. The van der Waals surface area contributed by atoms with Crippen LogP contribution in [0.5, 0.6) is 0 Å². The Morgan fingerprint density at radius 1 is 1.53 bits per heavy atom. The van der Waals surface area contributed by atoms with E-state index in [1.807, 2.05) is 0 Å². The number of esters is 1. The second-order valence-electron chi connectivity index (χ2n) is 3.88. The van der Waals surface area contributed by atoms with Crippen molar-refractivity contribution in [2.45, 2.75) is 6.54 Å². The minimum Gasteiger partial charge on any atom is -0.465 e. The smallest absolute Gasteiger partial charge is 0.337 e. The van der Waals surface area contributed by atoms with Gasteiger partial charge in [-0.05, 0) is 18.2 Å². The Kier molecular flexibility index (Phi) is 3.97. The Bertz CT molecular complexity index is 553. The molecule has 1 aromatic carbocycles. The second-order valence-corrected chi connectivity index (χ2v) is 3.88. The van der Waals surface area contributed by atoms with Gasteiger partial charge < -0.3 is 15.8 Å². The van der Waals surface area contributed by atoms with Crippen molar-refractivity contribution >= 4 is 17.3 Å². The fourth-order valence-corrected chi connectivity index (χ4v) is 1.61. The number of benzene rings is 1. The number of nitrogens with one attached hydrogen (secondary N) is 1. The first kappa shape index (κ1) is 12.9. The maximum Gasteiger partial charge on any atom is 0.337 e. The van der Waals surface area contributed by atoms with Crippen LogP contribution in [-0.4, -0.2) is 34.4 Å². The van der Waals surface area contributed by atoms with Gasteiger partial charge in [-0.25, -0.2) is 9.78 Å². The third-order valence-electron chi connectivity index (χ3n) is 2.60. The zero-order chi connectivity index (χ0) is 13.7. The highest BCUT2D eigenvalue weighted by Crippen LogP contribution is 2.20. The summed E-state index contributed by atoms with van der Waals surface area (Å²) < 4.78 is 6.37. The molecule has 0 unspecified atom stereocenters. The number of anilines is 2. The Morgan fingerprint density at radius 3 is 3.05 bits per heavy atom. The van der Waals surface area contributed by atoms with Crippen LogP contribution in [-0.2, 0) is 11.3 Å². The molecule has 0 saturated carbocycles. The van der Waals surface area contributed by atoms with Crippen molar-refractivity contribution in [3.63, 3.8) is 0 Å². The van der Waals surface area contributed by atoms with E-state index in [9.17, 15) is 4.79 Å². The number of ether oxygens (including phenoxy) is 1. The first-order valence-corrected chi connectivity index (χ1v) is 5.75. The summed E-state index contributed by atoms with van der Waals surface area (Å²) in [6.45, 7) is 1.28. The third kappa shape index (κ3) is 3.21. The van der Waals surface area contributed by atoms with Crippen molar-refractivity contribution in [1.82, 2.24) is 14.8 Å². The van der Waals surface area contributed by atoms with Crippen molar-refractivity contribution in [1.29, 1.82) is 0 Å². The molecule has 3 N–H and O–H groups in total. The van der Waals surface area contributed by atoms with Gasteiger partial charge in [-0.3, -0.25) is 4.68 Å². The Morgan fingerprint density at radius 2 is 2.37 bits per heavy atom. The van der Waals surface area contributed by atoms with Crippen molar-refractivity contribution in [2.75, 3.05) is 24.7 Å². The van der Waals surface area contributed by atoms with E-state index in [0.717, 1.165) is 0 Å². The fraction of sp³-hybridized carbons (Fsp3) is 0.250. The van der Waals surface area contributed by atoms with Gasteiger partial charge in [0.15, 0.2) is 0 Å². The lowest BCUT2D eigenvalue weighted by Crippen LogP contribution is -2.12. The van der Waals surface area contributed by atoms with E-state index >= 15 is 0 Å². The lowest BCUT2D eigenvalue weighted by molar-refractivity contribution is 0.0601. The standard InChI is InChI=1S/C12H15N5O2/c1-19-12(18)9-2-3-10(13)11(6-9)15-4-5-17-8-14-7-16-17/h2-3,6-8,15H,4-5,13H2,1H3. The maximum absolute atomic E-state index is 11.4. The molecule has 0 atom stereocenters. The number of carbonyl (C=O) groups is 1. The highest BCUT2D eigenvalue weighted by atomic mass is 16.5. The van der Waals surface area contributed by atoms with Crippen LogP contribution >= 0.6 is 0 Å². The van der Waals surface area contributed by atoms with Crippen LogP contribution in [0.4, 0.5) is 11.4 Å². The van der Waals surface area contributed by atoms with Gasteiger partial charge in [-0.1, -0.05) is 0 Å². The van der Waals surface area contributed by atoms with E-state index in [1.54, 1.807) is 29.2 Å². The van der Waals surface area contributed by atoms with E-state index < -0.39 is 0 Å². The maximum atomic E-state index is 11.4. The van der Waals surface area contributed by atoms with Gasteiger partial charge in [0.1, 0.15) is 12.7 Å². The summed E-state index contributed by atoms with van der Waals surface area (Å²) in [5.41, 5.74) is 7.57. The van der Waals surface area contributed by atoms with Crippen LogP contribution in [0.2, 0.25) is 0 Å². The number of methoxy groups -OCH3 is 1. The second kappa shape index (κ2) is 5.85. The van der Waals surface area contributed by atoms with Crippen LogP contribution in [0.1, 0.15) is 10.4 Å². The zero-order valence-corrected chi connectivity index (χ0v) is 10.5. The number of rotatable bonds is 5.